The number of methoxy groups -OCH3 is 1. The van der Waals surface area contributed by atoms with Crippen LogP contribution in [0.15, 0.2) is 45.6 Å². The van der Waals surface area contributed by atoms with Crippen LogP contribution in [0.5, 0.6) is 11.5 Å². The maximum Gasteiger partial charge on any atom is 0.290 e. The molecule has 7 nitrogen and oxygen atoms in total. The first-order chi connectivity index (χ1) is 15.0. The number of fused-ring (bicyclic) bond motifs is 2. The number of nitrogens with zero attached hydrogens (tertiary/aromatic N) is 1. The van der Waals surface area contributed by atoms with Gasteiger partial charge in [0.1, 0.15) is 5.58 Å². The lowest BCUT2D eigenvalue weighted by molar-refractivity contribution is 0.0716. The highest BCUT2D eigenvalue weighted by atomic mass is 16.5. The van der Waals surface area contributed by atoms with Crippen molar-refractivity contribution in [2.24, 2.45) is 0 Å². The minimum atomic E-state index is -0.639. The van der Waals surface area contributed by atoms with Crippen LogP contribution in [0.2, 0.25) is 0 Å². The largest absolute Gasteiger partial charge is 0.493 e. The van der Waals surface area contributed by atoms with Gasteiger partial charge in [0.2, 0.25) is 5.76 Å². The Morgan fingerprint density at radius 3 is 2.65 bits per heavy atom. The Balaban J connectivity index is 1.94. The Labute approximate surface area is 179 Å². The van der Waals surface area contributed by atoms with Crippen molar-refractivity contribution in [2.75, 3.05) is 26.9 Å². The molecule has 2 aromatic carbocycles. The molecule has 2 heterocycles. The second kappa shape index (κ2) is 8.43. The van der Waals surface area contributed by atoms with Gasteiger partial charge in [-0.05, 0) is 50.1 Å². The minimum absolute atomic E-state index is 0.0529. The molecular formula is C24H25NO6. The first-order valence-electron chi connectivity index (χ1n) is 10.3. The van der Waals surface area contributed by atoms with Crippen molar-refractivity contribution in [3.05, 3.63) is 69.1 Å². The van der Waals surface area contributed by atoms with Crippen LogP contribution in [0.25, 0.3) is 11.0 Å². The van der Waals surface area contributed by atoms with Gasteiger partial charge < -0.3 is 23.9 Å². The summed E-state index contributed by atoms with van der Waals surface area (Å²) in [7, 11) is 1.55. The molecule has 0 aliphatic carbocycles. The first-order valence-corrected chi connectivity index (χ1v) is 10.3. The summed E-state index contributed by atoms with van der Waals surface area (Å²) < 4.78 is 17.0. The molecule has 1 unspecified atom stereocenters. The van der Waals surface area contributed by atoms with Crippen molar-refractivity contribution in [1.29, 1.82) is 0 Å². The average Bonchev–Trinajstić information content (AvgIpc) is 3.05. The average molecular weight is 423 g/mol. The zero-order valence-electron chi connectivity index (χ0n) is 17.8. The monoisotopic (exact) mass is 423 g/mol. The molecule has 0 fully saturated rings. The number of hydrogen-bond acceptors (Lipinski definition) is 6. The van der Waals surface area contributed by atoms with Gasteiger partial charge in [0.15, 0.2) is 16.9 Å². The van der Waals surface area contributed by atoms with Gasteiger partial charge in [-0.2, -0.15) is 0 Å². The van der Waals surface area contributed by atoms with Crippen molar-refractivity contribution in [2.45, 2.75) is 26.3 Å². The lowest BCUT2D eigenvalue weighted by Crippen LogP contribution is -2.31. The highest BCUT2D eigenvalue weighted by Gasteiger charge is 2.42. The molecule has 7 heteroatoms. The van der Waals surface area contributed by atoms with E-state index in [1.807, 2.05) is 26.0 Å². The minimum Gasteiger partial charge on any atom is -0.493 e. The van der Waals surface area contributed by atoms with Crippen LogP contribution < -0.4 is 14.9 Å². The van der Waals surface area contributed by atoms with Crippen LogP contribution in [0.1, 0.15) is 46.6 Å². The van der Waals surface area contributed by atoms with Gasteiger partial charge in [-0.1, -0.05) is 17.7 Å². The summed E-state index contributed by atoms with van der Waals surface area (Å²) in [5, 5.41) is 9.79. The molecule has 0 spiro atoms. The molecule has 0 saturated heterocycles. The predicted octanol–water partition coefficient (Wildman–Crippen LogP) is 3.44. The van der Waals surface area contributed by atoms with Gasteiger partial charge in [0, 0.05) is 13.2 Å². The number of carbonyl (C=O) groups excluding carboxylic acids is 1. The third kappa shape index (κ3) is 3.55. The van der Waals surface area contributed by atoms with Crippen LogP contribution >= 0.6 is 0 Å². The van der Waals surface area contributed by atoms with Gasteiger partial charge in [0.25, 0.3) is 5.91 Å². The molecule has 1 aliphatic rings. The van der Waals surface area contributed by atoms with Crippen molar-refractivity contribution in [3.8, 4) is 11.5 Å². The summed E-state index contributed by atoms with van der Waals surface area (Å²) >= 11 is 0. The lowest BCUT2D eigenvalue weighted by atomic mass is 9.97. The van der Waals surface area contributed by atoms with Crippen molar-refractivity contribution in [1.82, 2.24) is 4.90 Å². The number of ether oxygens (including phenoxy) is 2. The first kappa shape index (κ1) is 20.9. The van der Waals surface area contributed by atoms with E-state index in [-0.39, 0.29) is 30.2 Å². The highest BCUT2D eigenvalue weighted by molar-refractivity contribution is 5.99. The number of rotatable bonds is 7. The summed E-state index contributed by atoms with van der Waals surface area (Å²) in [6.45, 7) is 4.49. The smallest absolute Gasteiger partial charge is 0.290 e. The summed E-state index contributed by atoms with van der Waals surface area (Å²) in [6.07, 6.45) is 0.386. The van der Waals surface area contributed by atoms with E-state index in [4.69, 9.17) is 13.9 Å². The maximum atomic E-state index is 13.5. The molecular weight excluding hydrogens is 398 g/mol. The molecule has 1 aliphatic heterocycles. The van der Waals surface area contributed by atoms with E-state index < -0.39 is 6.04 Å². The van der Waals surface area contributed by atoms with Crippen molar-refractivity contribution >= 4 is 16.9 Å². The predicted molar refractivity (Wildman–Crippen MR) is 116 cm³/mol. The van der Waals surface area contributed by atoms with Crippen molar-refractivity contribution < 1.29 is 23.8 Å². The van der Waals surface area contributed by atoms with Crippen LogP contribution in [0.4, 0.5) is 0 Å². The molecule has 1 amide bonds. The van der Waals surface area contributed by atoms with Gasteiger partial charge in [0.05, 0.1) is 30.7 Å². The van der Waals surface area contributed by atoms with Gasteiger partial charge in [-0.25, -0.2) is 0 Å². The molecule has 1 N–H and O–H groups in total. The fourth-order valence-electron chi connectivity index (χ4n) is 4.08. The topological polar surface area (TPSA) is 89.2 Å². The van der Waals surface area contributed by atoms with E-state index in [1.165, 1.54) is 0 Å². The van der Waals surface area contributed by atoms with E-state index in [2.05, 4.69) is 0 Å². The van der Waals surface area contributed by atoms with E-state index in [0.717, 1.165) is 5.56 Å². The Bertz CT molecular complexity index is 1200. The van der Waals surface area contributed by atoms with E-state index in [1.54, 1.807) is 36.3 Å². The van der Waals surface area contributed by atoms with Gasteiger partial charge in [-0.15, -0.1) is 0 Å². The summed E-state index contributed by atoms with van der Waals surface area (Å²) in [4.78, 5) is 28.3. The number of aryl methyl sites for hydroxylation is 1. The van der Waals surface area contributed by atoms with E-state index >= 15 is 0 Å². The number of aliphatic hydroxyl groups excluding tert-OH is 1. The fraction of sp³-hybridized carbons (Fsp3) is 0.333. The van der Waals surface area contributed by atoms with E-state index in [0.29, 0.717) is 46.6 Å². The Hall–Kier alpha value is -3.32. The number of carbonyl (C=O) groups is 1. The zero-order valence-corrected chi connectivity index (χ0v) is 17.8. The molecule has 4 rings (SSSR count). The summed E-state index contributed by atoms with van der Waals surface area (Å²) in [6, 6.07) is 10.1. The molecule has 162 valence electrons. The molecule has 3 aromatic rings. The normalized spacial score (nSPS) is 15.4. The van der Waals surface area contributed by atoms with Crippen LogP contribution in [0.3, 0.4) is 0 Å². The second-order valence-corrected chi connectivity index (χ2v) is 7.50. The van der Waals surface area contributed by atoms with Crippen LogP contribution in [-0.2, 0) is 0 Å². The Kier molecular flexibility index (Phi) is 5.69. The molecule has 1 atom stereocenters. The molecule has 0 saturated carbocycles. The van der Waals surface area contributed by atoms with Crippen LogP contribution in [-0.4, -0.2) is 42.8 Å². The Morgan fingerprint density at radius 2 is 1.94 bits per heavy atom. The number of hydrogen-bond donors (Lipinski definition) is 1. The summed E-state index contributed by atoms with van der Waals surface area (Å²) in [5.74, 6) is 0.794. The number of aliphatic hydroxyl groups is 1. The second-order valence-electron chi connectivity index (χ2n) is 7.50. The molecule has 1 aromatic heterocycles. The maximum absolute atomic E-state index is 13.5. The molecule has 31 heavy (non-hydrogen) atoms. The summed E-state index contributed by atoms with van der Waals surface area (Å²) in [5.41, 5.74) is 2.12. The van der Waals surface area contributed by atoms with Crippen molar-refractivity contribution in [3.63, 3.8) is 0 Å². The zero-order chi connectivity index (χ0) is 22.1. The Morgan fingerprint density at radius 1 is 1.13 bits per heavy atom. The molecule has 0 radical (unpaired) electrons. The van der Waals surface area contributed by atoms with E-state index in [9.17, 15) is 14.7 Å². The fourth-order valence-corrected chi connectivity index (χ4v) is 4.08. The van der Waals surface area contributed by atoms with Gasteiger partial charge in [-0.3, -0.25) is 9.59 Å². The lowest BCUT2D eigenvalue weighted by Gasteiger charge is -2.25. The SMILES string of the molecule is CCOc1ccc(C2c3c(oc4ccc(C)cc4c3=O)C(=O)N2CCCO)cc1OC. The third-order valence-electron chi connectivity index (χ3n) is 5.48. The highest BCUT2D eigenvalue weighted by Crippen LogP contribution is 2.41. The van der Waals surface area contributed by atoms with Gasteiger partial charge >= 0.3 is 0 Å². The quantitative estimate of drug-likeness (QED) is 0.626. The van der Waals surface area contributed by atoms with Crippen LogP contribution in [0, 0.1) is 6.92 Å². The standard InChI is InChI=1S/C24H25NO6/c1-4-30-18-9-7-15(13-19(18)29-3)21-20-22(27)16-12-14(2)6-8-17(16)31-23(20)24(28)25(21)10-5-11-26/h6-9,12-13,21,26H,4-5,10-11H2,1-3H3. The third-order valence-corrected chi connectivity index (χ3v) is 5.48. The number of amides is 1. The molecule has 0 bridgehead atoms. The number of benzene rings is 2.